The van der Waals surface area contributed by atoms with Gasteiger partial charge in [-0.25, -0.2) is 8.42 Å². The number of likely N-dealkylation sites (tertiary alicyclic amines) is 1. The molecule has 1 aromatic heterocycles. The standard InChI is InChI=1S/C18H23N3O3S2/c1-20-11-9-15(10-12-20)21(2)26(23,24)16-7-5-14(6-8-16)19-18(22)17-4-3-13-25-17/h3-8,13,15H,9-12H2,1-2H3,(H,19,22). The van der Waals surface area contributed by atoms with Crippen LogP contribution in [0.5, 0.6) is 0 Å². The van der Waals surface area contributed by atoms with Gasteiger partial charge in [0.2, 0.25) is 10.0 Å². The fraction of sp³-hybridized carbons (Fsp3) is 0.389. The molecular formula is C18H23N3O3S2. The molecule has 140 valence electrons. The molecular weight excluding hydrogens is 370 g/mol. The van der Waals surface area contributed by atoms with Crippen molar-refractivity contribution in [3.05, 3.63) is 46.7 Å². The maximum Gasteiger partial charge on any atom is 0.265 e. The average Bonchev–Trinajstić information content (AvgIpc) is 3.17. The molecule has 1 N–H and O–H groups in total. The van der Waals surface area contributed by atoms with Crippen LogP contribution in [0.1, 0.15) is 22.5 Å². The fourth-order valence-corrected chi connectivity index (χ4v) is 5.07. The summed E-state index contributed by atoms with van der Waals surface area (Å²) in [4.78, 5) is 15.1. The van der Waals surface area contributed by atoms with Crippen LogP contribution >= 0.6 is 11.3 Å². The number of amides is 1. The van der Waals surface area contributed by atoms with Crippen molar-refractivity contribution >= 4 is 33.0 Å². The predicted octanol–water partition coefficient (Wildman–Crippen LogP) is 2.72. The number of anilines is 1. The lowest BCUT2D eigenvalue weighted by Crippen LogP contribution is -2.44. The maximum absolute atomic E-state index is 12.9. The Morgan fingerprint density at radius 1 is 1.19 bits per heavy atom. The van der Waals surface area contributed by atoms with Gasteiger partial charge in [-0.3, -0.25) is 4.79 Å². The Morgan fingerprint density at radius 2 is 1.85 bits per heavy atom. The van der Waals surface area contributed by atoms with Crippen LogP contribution in [0, 0.1) is 0 Å². The van der Waals surface area contributed by atoms with Crippen LogP contribution in [-0.4, -0.2) is 56.8 Å². The van der Waals surface area contributed by atoms with Crippen LogP contribution in [0.2, 0.25) is 0 Å². The highest BCUT2D eigenvalue weighted by Gasteiger charge is 2.30. The maximum atomic E-state index is 12.9. The molecule has 2 aromatic rings. The number of rotatable bonds is 5. The van der Waals surface area contributed by atoms with Gasteiger partial charge in [0.05, 0.1) is 9.77 Å². The number of carbonyl (C=O) groups excluding carboxylic acids is 1. The minimum atomic E-state index is -3.54. The van der Waals surface area contributed by atoms with E-state index in [1.807, 2.05) is 18.5 Å². The van der Waals surface area contributed by atoms with Gasteiger partial charge >= 0.3 is 0 Å². The van der Waals surface area contributed by atoms with Gasteiger partial charge in [-0.2, -0.15) is 4.31 Å². The summed E-state index contributed by atoms with van der Waals surface area (Å²) < 4.78 is 27.2. The van der Waals surface area contributed by atoms with Crippen LogP contribution in [0.4, 0.5) is 5.69 Å². The van der Waals surface area contributed by atoms with Crippen molar-refractivity contribution in [2.24, 2.45) is 0 Å². The summed E-state index contributed by atoms with van der Waals surface area (Å²) in [6.45, 7) is 1.80. The number of benzene rings is 1. The zero-order chi connectivity index (χ0) is 18.7. The average molecular weight is 394 g/mol. The van der Waals surface area contributed by atoms with Gasteiger partial charge in [0.25, 0.3) is 5.91 Å². The SMILES string of the molecule is CN1CCC(N(C)S(=O)(=O)c2ccc(NC(=O)c3cccs3)cc2)CC1. The van der Waals surface area contributed by atoms with Crippen molar-refractivity contribution < 1.29 is 13.2 Å². The number of sulfonamides is 1. The van der Waals surface area contributed by atoms with Crippen LogP contribution < -0.4 is 5.32 Å². The van der Waals surface area contributed by atoms with Crippen LogP contribution in [0.15, 0.2) is 46.7 Å². The normalized spacial score (nSPS) is 16.7. The Bertz CT molecular complexity index is 840. The molecule has 1 aliphatic heterocycles. The van der Waals surface area contributed by atoms with E-state index in [9.17, 15) is 13.2 Å². The second-order valence-electron chi connectivity index (χ2n) is 6.51. The van der Waals surface area contributed by atoms with E-state index in [1.165, 1.54) is 15.6 Å². The number of nitrogens with one attached hydrogen (secondary N) is 1. The highest BCUT2D eigenvalue weighted by molar-refractivity contribution is 7.89. The van der Waals surface area contributed by atoms with Crippen molar-refractivity contribution in [3.63, 3.8) is 0 Å². The second kappa shape index (κ2) is 7.87. The van der Waals surface area contributed by atoms with Gasteiger partial charge in [-0.15, -0.1) is 11.3 Å². The molecule has 0 atom stereocenters. The third kappa shape index (κ3) is 4.15. The molecule has 0 unspecified atom stereocenters. The minimum Gasteiger partial charge on any atom is -0.321 e. The molecule has 2 heterocycles. The van der Waals surface area contributed by atoms with E-state index in [2.05, 4.69) is 10.2 Å². The predicted molar refractivity (Wildman–Crippen MR) is 104 cm³/mol. The van der Waals surface area contributed by atoms with Crippen LogP contribution in [-0.2, 0) is 10.0 Å². The Balaban J connectivity index is 1.69. The third-order valence-electron chi connectivity index (χ3n) is 4.74. The van der Waals surface area contributed by atoms with E-state index in [1.54, 1.807) is 37.4 Å². The first kappa shape index (κ1) is 19.0. The Hall–Kier alpha value is -1.74. The summed E-state index contributed by atoms with van der Waals surface area (Å²) in [5.41, 5.74) is 0.573. The van der Waals surface area contributed by atoms with Gasteiger partial charge in [0.1, 0.15) is 0 Å². The number of hydrogen-bond donors (Lipinski definition) is 1. The first-order valence-electron chi connectivity index (χ1n) is 8.49. The van der Waals surface area contributed by atoms with Gasteiger partial charge in [0, 0.05) is 18.8 Å². The first-order chi connectivity index (χ1) is 12.4. The molecule has 26 heavy (non-hydrogen) atoms. The summed E-state index contributed by atoms with van der Waals surface area (Å²) in [5, 5.41) is 4.61. The quantitative estimate of drug-likeness (QED) is 0.848. The minimum absolute atomic E-state index is 0.0226. The number of carbonyl (C=O) groups is 1. The van der Waals surface area contributed by atoms with Crippen molar-refractivity contribution in [2.45, 2.75) is 23.8 Å². The van der Waals surface area contributed by atoms with E-state index >= 15 is 0 Å². The smallest absolute Gasteiger partial charge is 0.265 e. The van der Waals surface area contributed by atoms with Crippen molar-refractivity contribution in [3.8, 4) is 0 Å². The monoisotopic (exact) mass is 393 g/mol. The van der Waals surface area contributed by atoms with Gasteiger partial charge in [-0.05, 0) is 68.7 Å². The Kier molecular flexibility index (Phi) is 5.76. The molecule has 0 bridgehead atoms. The number of nitrogens with zero attached hydrogens (tertiary/aromatic N) is 2. The molecule has 0 spiro atoms. The largest absolute Gasteiger partial charge is 0.321 e. The molecule has 1 aromatic carbocycles. The molecule has 0 saturated carbocycles. The second-order valence-corrected chi connectivity index (χ2v) is 9.46. The van der Waals surface area contributed by atoms with E-state index in [4.69, 9.17) is 0 Å². The molecule has 3 rings (SSSR count). The van der Waals surface area contributed by atoms with E-state index in [-0.39, 0.29) is 16.8 Å². The molecule has 0 radical (unpaired) electrons. The lowest BCUT2D eigenvalue weighted by atomic mass is 10.1. The van der Waals surface area contributed by atoms with E-state index in [0.29, 0.717) is 10.6 Å². The van der Waals surface area contributed by atoms with Crippen molar-refractivity contribution in [2.75, 3.05) is 32.5 Å². The zero-order valence-electron chi connectivity index (χ0n) is 14.9. The summed E-state index contributed by atoms with van der Waals surface area (Å²) in [6, 6.07) is 9.93. The summed E-state index contributed by atoms with van der Waals surface area (Å²) in [7, 11) is 0.160. The number of hydrogen-bond acceptors (Lipinski definition) is 5. The Morgan fingerprint density at radius 3 is 2.42 bits per heavy atom. The van der Waals surface area contributed by atoms with E-state index < -0.39 is 10.0 Å². The molecule has 1 fully saturated rings. The van der Waals surface area contributed by atoms with Gasteiger partial charge in [0.15, 0.2) is 0 Å². The van der Waals surface area contributed by atoms with Crippen LogP contribution in [0.3, 0.4) is 0 Å². The van der Waals surface area contributed by atoms with Gasteiger partial charge < -0.3 is 10.2 Å². The fourth-order valence-electron chi connectivity index (χ4n) is 3.03. The Labute approximate surface area is 158 Å². The summed E-state index contributed by atoms with van der Waals surface area (Å²) in [5.74, 6) is -0.195. The number of thiophene rings is 1. The van der Waals surface area contributed by atoms with Crippen molar-refractivity contribution in [1.82, 2.24) is 9.21 Å². The molecule has 1 saturated heterocycles. The van der Waals surface area contributed by atoms with Crippen LogP contribution in [0.25, 0.3) is 0 Å². The highest BCUT2D eigenvalue weighted by atomic mass is 32.2. The highest BCUT2D eigenvalue weighted by Crippen LogP contribution is 2.23. The third-order valence-corrected chi connectivity index (χ3v) is 7.53. The first-order valence-corrected chi connectivity index (χ1v) is 10.8. The topological polar surface area (TPSA) is 69.7 Å². The molecule has 1 aliphatic rings. The lowest BCUT2D eigenvalue weighted by Gasteiger charge is -2.34. The van der Waals surface area contributed by atoms with Crippen molar-refractivity contribution in [1.29, 1.82) is 0 Å². The summed E-state index contributed by atoms with van der Waals surface area (Å²) in [6.07, 6.45) is 1.67. The molecule has 0 aliphatic carbocycles. The molecule has 8 heteroatoms. The molecule has 6 nitrogen and oxygen atoms in total. The molecule has 1 amide bonds. The lowest BCUT2D eigenvalue weighted by molar-refractivity contribution is 0.103. The number of piperidine rings is 1. The zero-order valence-corrected chi connectivity index (χ0v) is 16.5. The summed E-state index contributed by atoms with van der Waals surface area (Å²) >= 11 is 1.36. The van der Waals surface area contributed by atoms with Gasteiger partial charge in [-0.1, -0.05) is 6.07 Å². The van der Waals surface area contributed by atoms with E-state index in [0.717, 1.165) is 25.9 Å².